The molecule has 0 aliphatic carbocycles. The number of nitrogens with one attached hydrogen (secondary N) is 2. The summed E-state index contributed by atoms with van der Waals surface area (Å²) in [4.78, 5) is 26.1. The van der Waals surface area contributed by atoms with Gasteiger partial charge in [0.25, 0.3) is 11.6 Å². The molecule has 2 rings (SSSR count). The normalized spacial score (nSPS) is 10.0. The molecule has 0 aliphatic rings. The van der Waals surface area contributed by atoms with Crippen LogP contribution in [0, 0.1) is 10.1 Å². The van der Waals surface area contributed by atoms with Crippen LogP contribution < -0.4 is 10.6 Å². The number of halogens is 1. The molecular formula is C13H11ClN4O3. The number of nitrogens with zero attached hydrogens (tertiary/aromatic N) is 2. The third kappa shape index (κ3) is 3.46. The highest BCUT2D eigenvalue weighted by Gasteiger charge is 2.11. The Morgan fingerprint density at radius 1 is 1.33 bits per heavy atom. The minimum Gasteiger partial charge on any atom is -0.372 e. The number of hydrogen-bond donors (Lipinski definition) is 2. The van der Waals surface area contributed by atoms with Crippen molar-refractivity contribution in [3.63, 3.8) is 0 Å². The first-order valence-corrected chi connectivity index (χ1v) is 6.28. The van der Waals surface area contributed by atoms with Crippen LogP contribution in [0.5, 0.6) is 0 Å². The maximum absolute atomic E-state index is 12.0. The molecule has 0 saturated carbocycles. The lowest BCUT2D eigenvalue weighted by atomic mass is 10.2. The van der Waals surface area contributed by atoms with Gasteiger partial charge < -0.3 is 10.6 Å². The van der Waals surface area contributed by atoms with E-state index in [-0.39, 0.29) is 11.3 Å². The minimum absolute atomic E-state index is 0.0453. The monoisotopic (exact) mass is 306 g/mol. The molecule has 1 amide bonds. The molecule has 21 heavy (non-hydrogen) atoms. The molecule has 1 heterocycles. The number of aromatic nitrogens is 1. The average molecular weight is 307 g/mol. The van der Waals surface area contributed by atoms with Crippen molar-refractivity contribution in [3.05, 3.63) is 57.2 Å². The predicted octanol–water partition coefficient (Wildman–Crippen LogP) is 2.94. The van der Waals surface area contributed by atoms with Crippen molar-refractivity contribution in [2.45, 2.75) is 0 Å². The van der Waals surface area contributed by atoms with E-state index >= 15 is 0 Å². The number of amides is 1. The third-order valence-electron chi connectivity index (χ3n) is 2.68. The van der Waals surface area contributed by atoms with Gasteiger partial charge in [-0.1, -0.05) is 11.6 Å². The van der Waals surface area contributed by atoms with Crippen LogP contribution in [0.3, 0.4) is 0 Å². The lowest BCUT2D eigenvalue weighted by Crippen LogP contribution is -2.12. The third-order valence-corrected chi connectivity index (χ3v) is 2.96. The van der Waals surface area contributed by atoms with E-state index in [0.717, 1.165) is 0 Å². The molecule has 0 atom stereocenters. The molecule has 2 N–H and O–H groups in total. The molecule has 1 aromatic carbocycles. The molecule has 0 bridgehead atoms. The molecule has 108 valence electrons. The van der Waals surface area contributed by atoms with Gasteiger partial charge in [-0.25, -0.2) is 4.98 Å². The summed E-state index contributed by atoms with van der Waals surface area (Å²) in [6.07, 6.45) is 1.39. The van der Waals surface area contributed by atoms with E-state index in [1.54, 1.807) is 7.05 Å². The molecule has 1 aromatic heterocycles. The zero-order chi connectivity index (χ0) is 15.4. The van der Waals surface area contributed by atoms with Gasteiger partial charge in [-0.15, -0.1) is 0 Å². The molecule has 0 spiro atoms. The summed E-state index contributed by atoms with van der Waals surface area (Å²) in [5.74, 6) is 0.0736. The van der Waals surface area contributed by atoms with Crippen molar-refractivity contribution >= 4 is 34.7 Å². The van der Waals surface area contributed by atoms with E-state index < -0.39 is 10.8 Å². The number of nitro groups is 1. The fourth-order valence-electron chi connectivity index (χ4n) is 1.62. The lowest BCUT2D eigenvalue weighted by Gasteiger charge is -2.07. The van der Waals surface area contributed by atoms with Gasteiger partial charge in [0.1, 0.15) is 5.82 Å². The highest BCUT2D eigenvalue weighted by Crippen LogP contribution is 2.21. The van der Waals surface area contributed by atoms with Gasteiger partial charge >= 0.3 is 0 Å². The number of non-ortho nitro benzene ring substituents is 1. The molecule has 0 saturated heterocycles. The van der Waals surface area contributed by atoms with Gasteiger partial charge in [0.05, 0.1) is 15.5 Å². The zero-order valence-electron chi connectivity index (χ0n) is 11.0. The Morgan fingerprint density at radius 2 is 2.00 bits per heavy atom. The number of carbonyl (C=O) groups excluding carboxylic acids is 1. The summed E-state index contributed by atoms with van der Waals surface area (Å²) < 4.78 is 0. The van der Waals surface area contributed by atoms with Crippen molar-refractivity contribution in [2.75, 3.05) is 17.7 Å². The van der Waals surface area contributed by atoms with Crippen LogP contribution in [-0.2, 0) is 0 Å². The van der Waals surface area contributed by atoms with Gasteiger partial charge in [-0.3, -0.25) is 14.9 Å². The van der Waals surface area contributed by atoms with Crippen molar-refractivity contribution in [2.24, 2.45) is 0 Å². The summed E-state index contributed by atoms with van der Waals surface area (Å²) in [5.41, 5.74) is 0.688. The molecule has 0 radical (unpaired) electrons. The average Bonchev–Trinajstić information content (AvgIpc) is 2.47. The number of benzene rings is 1. The van der Waals surface area contributed by atoms with Gasteiger partial charge in [-0.05, 0) is 18.2 Å². The summed E-state index contributed by atoms with van der Waals surface area (Å²) in [6, 6.07) is 7.01. The molecule has 0 fully saturated rings. The van der Waals surface area contributed by atoms with Crippen molar-refractivity contribution in [3.8, 4) is 0 Å². The maximum atomic E-state index is 12.0. The van der Waals surface area contributed by atoms with Crippen LogP contribution in [0.25, 0.3) is 0 Å². The quantitative estimate of drug-likeness (QED) is 0.668. The van der Waals surface area contributed by atoms with Gasteiger partial charge in [0.15, 0.2) is 0 Å². The second kappa shape index (κ2) is 6.19. The number of pyridine rings is 1. The zero-order valence-corrected chi connectivity index (χ0v) is 11.7. The second-order valence-electron chi connectivity index (χ2n) is 4.06. The van der Waals surface area contributed by atoms with Crippen LogP contribution in [0.15, 0.2) is 36.5 Å². The number of hydrogen-bond acceptors (Lipinski definition) is 5. The first-order chi connectivity index (χ1) is 10.0. The van der Waals surface area contributed by atoms with E-state index in [0.29, 0.717) is 16.5 Å². The summed E-state index contributed by atoms with van der Waals surface area (Å²) in [7, 11) is 1.67. The fourth-order valence-corrected chi connectivity index (χ4v) is 1.88. The Hall–Kier alpha value is -2.67. The largest absolute Gasteiger partial charge is 0.372 e. The van der Waals surface area contributed by atoms with Crippen LogP contribution in [0.4, 0.5) is 17.2 Å². The van der Waals surface area contributed by atoms with Crippen LogP contribution in [-0.4, -0.2) is 22.9 Å². The highest BCUT2D eigenvalue weighted by atomic mass is 35.5. The van der Waals surface area contributed by atoms with E-state index in [9.17, 15) is 14.9 Å². The van der Waals surface area contributed by atoms with Crippen LogP contribution >= 0.6 is 11.6 Å². The number of carbonyl (C=O) groups is 1. The molecule has 7 nitrogen and oxygen atoms in total. The topological polar surface area (TPSA) is 97.2 Å². The van der Waals surface area contributed by atoms with E-state index in [1.165, 1.54) is 36.5 Å². The van der Waals surface area contributed by atoms with Crippen LogP contribution in [0.2, 0.25) is 5.02 Å². The Morgan fingerprint density at radius 3 is 2.52 bits per heavy atom. The van der Waals surface area contributed by atoms with Gasteiger partial charge in [0, 0.05) is 31.1 Å². The summed E-state index contributed by atoms with van der Waals surface area (Å²) in [6.45, 7) is 0. The summed E-state index contributed by atoms with van der Waals surface area (Å²) >= 11 is 5.95. The standard InChI is InChI=1S/C13H11ClN4O3/c1-15-12-11(14)6-8(7-16-12)13(19)17-9-2-4-10(5-3-9)18(20)21/h2-7H,1H3,(H,15,16)(H,17,19). The smallest absolute Gasteiger partial charge is 0.269 e. The Balaban J connectivity index is 2.14. The molecule has 0 aliphatic heterocycles. The van der Waals surface area contributed by atoms with Gasteiger partial charge in [0.2, 0.25) is 0 Å². The highest BCUT2D eigenvalue weighted by molar-refractivity contribution is 6.33. The fraction of sp³-hybridized carbons (Fsp3) is 0.0769. The summed E-state index contributed by atoms with van der Waals surface area (Å²) in [5, 5.41) is 16.3. The Labute approximate surface area is 125 Å². The van der Waals surface area contributed by atoms with Crippen LogP contribution in [0.1, 0.15) is 10.4 Å². The van der Waals surface area contributed by atoms with E-state index in [2.05, 4.69) is 15.6 Å². The maximum Gasteiger partial charge on any atom is 0.269 e. The Bertz CT molecular complexity index is 688. The lowest BCUT2D eigenvalue weighted by molar-refractivity contribution is -0.384. The molecular weight excluding hydrogens is 296 g/mol. The van der Waals surface area contributed by atoms with E-state index in [4.69, 9.17) is 11.6 Å². The minimum atomic E-state index is -0.508. The second-order valence-corrected chi connectivity index (χ2v) is 4.47. The first-order valence-electron chi connectivity index (χ1n) is 5.90. The van der Waals surface area contributed by atoms with E-state index in [1.807, 2.05) is 0 Å². The number of rotatable bonds is 4. The van der Waals surface area contributed by atoms with Crippen molar-refractivity contribution < 1.29 is 9.72 Å². The number of anilines is 2. The van der Waals surface area contributed by atoms with Crippen molar-refractivity contribution in [1.29, 1.82) is 0 Å². The molecule has 2 aromatic rings. The predicted molar refractivity (Wildman–Crippen MR) is 79.8 cm³/mol. The SMILES string of the molecule is CNc1ncc(C(=O)Nc2ccc([N+](=O)[O-])cc2)cc1Cl. The van der Waals surface area contributed by atoms with Crippen molar-refractivity contribution in [1.82, 2.24) is 4.98 Å². The Kier molecular flexibility index (Phi) is 4.34. The molecule has 8 heteroatoms. The van der Waals surface area contributed by atoms with Gasteiger partial charge in [-0.2, -0.15) is 0 Å². The first kappa shape index (κ1) is 14.7. The number of nitro benzene ring substituents is 1. The molecule has 0 unspecified atom stereocenters.